The lowest BCUT2D eigenvalue weighted by Gasteiger charge is -2.10. The Hall–Kier alpha value is -3.39. The van der Waals surface area contributed by atoms with Crippen LogP contribution < -0.4 is 14.8 Å². The van der Waals surface area contributed by atoms with Crippen LogP contribution in [0.1, 0.15) is 24.5 Å². The molecule has 4 rings (SSSR count). The molecule has 0 bridgehead atoms. The number of hydrogen-bond donors (Lipinski definition) is 1. The molecule has 2 aromatic carbocycles. The van der Waals surface area contributed by atoms with Crippen molar-refractivity contribution in [3.05, 3.63) is 71.4 Å². The van der Waals surface area contributed by atoms with Crippen LogP contribution in [0.4, 0.5) is 11.6 Å². The number of sulfone groups is 1. The van der Waals surface area contributed by atoms with Gasteiger partial charge in [-0.2, -0.15) is 4.98 Å². The average molecular weight is 452 g/mol. The highest BCUT2D eigenvalue weighted by molar-refractivity contribution is 7.90. The Morgan fingerprint density at radius 3 is 2.81 bits per heavy atom. The van der Waals surface area contributed by atoms with Gasteiger partial charge in [-0.05, 0) is 55.2 Å². The molecule has 3 aromatic rings. The molecule has 0 fully saturated rings. The van der Waals surface area contributed by atoms with Crippen LogP contribution in [0.15, 0.2) is 60.3 Å². The fraction of sp³-hybridized carbons (Fsp3) is 0.250. The summed E-state index contributed by atoms with van der Waals surface area (Å²) in [5.41, 5.74) is 4.58. The SMILES string of the molecule is CC1=Cc2cc(Oc3ccnc(Nc4cccc(OCCCS(C)(=O)=O)c4)n3)ccc2C1. The molecule has 32 heavy (non-hydrogen) atoms. The van der Waals surface area contributed by atoms with Crippen molar-refractivity contribution in [1.29, 1.82) is 0 Å². The van der Waals surface area contributed by atoms with E-state index >= 15 is 0 Å². The molecule has 7 nitrogen and oxygen atoms in total. The molecule has 0 spiro atoms. The van der Waals surface area contributed by atoms with Crippen molar-refractivity contribution in [3.8, 4) is 17.4 Å². The van der Waals surface area contributed by atoms with E-state index in [0.29, 0.717) is 30.6 Å². The molecule has 1 aromatic heterocycles. The van der Waals surface area contributed by atoms with Crippen LogP contribution in [0, 0.1) is 0 Å². The second kappa shape index (κ2) is 9.40. The molecule has 0 radical (unpaired) electrons. The Kier molecular flexibility index (Phi) is 6.41. The second-order valence-corrected chi connectivity index (χ2v) is 10.1. The zero-order chi connectivity index (χ0) is 22.6. The number of anilines is 2. The lowest BCUT2D eigenvalue weighted by Crippen LogP contribution is -2.08. The molecular formula is C24H25N3O4S. The largest absolute Gasteiger partial charge is 0.493 e. The first-order valence-corrected chi connectivity index (χ1v) is 12.4. The highest BCUT2D eigenvalue weighted by Crippen LogP contribution is 2.30. The van der Waals surface area contributed by atoms with Crippen molar-refractivity contribution in [1.82, 2.24) is 9.97 Å². The van der Waals surface area contributed by atoms with Crippen LogP contribution in [0.25, 0.3) is 6.08 Å². The summed E-state index contributed by atoms with van der Waals surface area (Å²) in [5.74, 6) is 2.30. The summed E-state index contributed by atoms with van der Waals surface area (Å²) in [6.07, 6.45) is 6.45. The molecule has 1 heterocycles. The zero-order valence-electron chi connectivity index (χ0n) is 18.0. The molecule has 1 aliphatic rings. The van der Waals surface area contributed by atoms with Gasteiger partial charge in [0.1, 0.15) is 21.3 Å². The van der Waals surface area contributed by atoms with E-state index in [-0.39, 0.29) is 5.75 Å². The van der Waals surface area contributed by atoms with E-state index in [1.807, 2.05) is 36.4 Å². The standard InChI is InChI=1S/C24H25N3O4S/c1-17-13-18-7-8-22(15-19(18)14-17)31-23-9-10-25-24(27-23)26-20-5-3-6-21(16-20)30-11-4-12-32(2,28)29/h3,5-10,14-16H,4,11-13H2,1-2H3,(H,25,26,27). The molecule has 0 amide bonds. The van der Waals surface area contributed by atoms with Crippen LogP contribution in [0.2, 0.25) is 0 Å². The maximum atomic E-state index is 11.2. The lowest BCUT2D eigenvalue weighted by molar-refractivity contribution is 0.318. The lowest BCUT2D eigenvalue weighted by atomic mass is 10.1. The molecule has 0 unspecified atom stereocenters. The molecule has 0 saturated carbocycles. The Bertz CT molecular complexity index is 1260. The average Bonchev–Trinajstić information content (AvgIpc) is 3.10. The number of nitrogens with zero attached hydrogens (tertiary/aromatic N) is 2. The number of allylic oxidation sites excluding steroid dienone is 1. The molecule has 8 heteroatoms. The van der Waals surface area contributed by atoms with Gasteiger partial charge < -0.3 is 14.8 Å². The quantitative estimate of drug-likeness (QED) is 0.468. The number of aromatic nitrogens is 2. The summed E-state index contributed by atoms with van der Waals surface area (Å²) in [4.78, 5) is 8.69. The van der Waals surface area contributed by atoms with Crippen molar-refractivity contribution in [3.63, 3.8) is 0 Å². The maximum Gasteiger partial charge on any atom is 0.230 e. The molecule has 0 atom stereocenters. The summed E-state index contributed by atoms with van der Waals surface area (Å²) in [6, 6.07) is 15.1. The zero-order valence-corrected chi connectivity index (χ0v) is 18.9. The van der Waals surface area contributed by atoms with Crippen molar-refractivity contribution in [2.24, 2.45) is 0 Å². The molecule has 166 valence electrons. The molecule has 1 N–H and O–H groups in total. The number of ether oxygens (including phenoxy) is 2. The van der Waals surface area contributed by atoms with Crippen molar-refractivity contribution >= 4 is 27.5 Å². The van der Waals surface area contributed by atoms with E-state index < -0.39 is 9.84 Å². The number of fused-ring (bicyclic) bond motifs is 1. The van der Waals surface area contributed by atoms with Gasteiger partial charge in [0.2, 0.25) is 11.8 Å². The van der Waals surface area contributed by atoms with Crippen molar-refractivity contribution in [2.45, 2.75) is 19.8 Å². The molecule has 0 aliphatic heterocycles. The topological polar surface area (TPSA) is 90.4 Å². The Morgan fingerprint density at radius 1 is 1.09 bits per heavy atom. The van der Waals surface area contributed by atoms with E-state index in [2.05, 4.69) is 34.4 Å². The van der Waals surface area contributed by atoms with E-state index in [1.165, 1.54) is 23.0 Å². The summed E-state index contributed by atoms with van der Waals surface area (Å²) >= 11 is 0. The third kappa shape index (κ3) is 6.07. The summed E-state index contributed by atoms with van der Waals surface area (Å²) in [5, 5.41) is 3.15. The van der Waals surface area contributed by atoms with Gasteiger partial charge in [-0.25, -0.2) is 13.4 Å². The van der Waals surface area contributed by atoms with Gasteiger partial charge in [-0.3, -0.25) is 0 Å². The first kappa shape index (κ1) is 21.8. The summed E-state index contributed by atoms with van der Waals surface area (Å²) in [6.45, 7) is 2.45. The minimum Gasteiger partial charge on any atom is -0.493 e. The maximum absolute atomic E-state index is 11.2. The van der Waals surface area contributed by atoms with Gasteiger partial charge >= 0.3 is 0 Å². The Balaban J connectivity index is 1.38. The van der Waals surface area contributed by atoms with E-state index in [4.69, 9.17) is 9.47 Å². The summed E-state index contributed by atoms with van der Waals surface area (Å²) in [7, 11) is -2.98. The summed E-state index contributed by atoms with van der Waals surface area (Å²) < 4.78 is 34.0. The second-order valence-electron chi connectivity index (χ2n) is 7.83. The van der Waals surface area contributed by atoms with E-state index in [0.717, 1.165) is 17.9 Å². The number of nitrogens with one attached hydrogen (secondary N) is 1. The number of benzene rings is 2. The highest BCUT2D eigenvalue weighted by Gasteiger charge is 2.11. The van der Waals surface area contributed by atoms with Crippen LogP contribution in [0.5, 0.6) is 17.4 Å². The molecular weight excluding hydrogens is 426 g/mol. The minimum atomic E-state index is -2.98. The smallest absolute Gasteiger partial charge is 0.230 e. The van der Waals surface area contributed by atoms with Gasteiger partial charge in [0.15, 0.2) is 0 Å². The number of hydrogen-bond acceptors (Lipinski definition) is 7. The monoisotopic (exact) mass is 451 g/mol. The van der Waals surface area contributed by atoms with Gasteiger partial charge in [0.25, 0.3) is 0 Å². The Morgan fingerprint density at radius 2 is 1.97 bits per heavy atom. The van der Waals surface area contributed by atoms with Crippen LogP contribution in [0.3, 0.4) is 0 Å². The van der Waals surface area contributed by atoms with E-state index in [9.17, 15) is 8.42 Å². The van der Waals surface area contributed by atoms with Gasteiger partial charge in [-0.1, -0.05) is 23.8 Å². The van der Waals surface area contributed by atoms with Gasteiger partial charge in [0, 0.05) is 30.3 Å². The van der Waals surface area contributed by atoms with Crippen molar-refractivity contribution in [2.75, 3.05) is 23.9 Å². The third-order valence-corrected chi connectivity index (χ3v) is 5.89. The third-order valence-electron chi connectivity index (χ3n) is 4.86. The Labute approximate surface area is 188 Å². The minimum absolute atomic E-state index is 0.103. The van der Waals surface area contributed by atoms with E-state index in [1.54, 1.807) is 12.3 Å². The fourth-order valence-corrected chi connectivity index (χ4v) is 4.07. The molecule has 0 saturated heterocycles. The first-order chi connectivity index (χ1) is 15.3. The van der Waals surface area contributed by atoms with Gasteiger partial charge in [-0.15, -0.1) is 0 Å². The highest BCUT2D eigenvalue weighted by atomic mass is 32.2. The van der Waals surface area contributed by atoms with Gasteiger partial charge in [0.05, 0.1) is 12.4 Å². The van der Waals surface area contributed by atoms with Crippen LogP contribution in [-0.4, -0.2) is 37.0 Å². The fourth-order valence-electron chi connectivity index (χ4n) is 3.43. The predicted octanol–water partition coefficient (Wildman–Crippen LogP) is 4.79. The van der Waals surface area contributed by atoms with Crippen LogP contribution in [-0.2, 0) is 16.3 Å². The molecule has 1 aliphatic carbocycles. The van der Waals surface area contributed by atoms with Crippen LogP contribution >= 0.6 is 0 Å². The first-order valence-electron chi connectivity index (χ1n) is 10.3. The van der Waals surface area contributed by atoms with Crippen molar-refractivity contribution < 1.29 is 17.9 Å². The normalized spacial score (nSPS) is 12.8. The predicted molar refractivity (Wildman–Crippen MR) is 125 cm³/mol. The number of rotatable bonds is 9.